The minimum absolute atomic E-state index is 0.0845. The van der Waals surface area contributed by atoms with E-state index in [4.69, 9.17) is 4.74 Å². The van der Waals surface area contributed by atoms with Gasteiger partial charge in [0.1, 0.15) is 5.75 Å². The van der Waals surface area contributed by atoms with Crippen LogP contribution in [0.3, 0.4) is 0 Å². The van der Waals surface area contributed by atoms with E-state index < -0.39 is 4.92 Å². The molecule has 0 fully saturated rings. The lowest BCUT2D eigenvalue weighted by Gasteiger charge is -2.13. The lowest BCUT2D eigenvalue weighted by atomic mass is 10.1. The molecule has 0 aliphatic carbocycles. The molecule has 2 N–H and O–H groups in total. The van der Waals surface area contributed by atoms with Crippen LogP contribution in [0.4, 0.5) is 5.69 Å². The molecule has 0 radical (unpaired) electrons. The monoisotopic (exact) mass is 239 g/mol. The van der Waals surface area contributed by atoms with Gasteiger partial charge in [0.2, 0.25) is 0 Å². The Hall–Kier alpha value is -1.66. The zero-order valence-electron chi connectivity index (χ0n) is 10.2. The second kappa shape index (κ2) is 6.17. The molecular formula is C11H17N3O3. The fraction of sp³-hybridized carbons (Fsp3) is 0.455. The molecule has 6 heteroatoms. The summed E-state index contributed by atoms with van der Waals surface area (Å²) in [5.74, 6) is 0.694. The van der Waals surface area contributed by atoms with Crippen molar-refractivity contribution in [2.24, 2.45) is 0 Å². The van der Waals surface area contributed by atoms with E-state index in [1.165, 1.54) is 12.1 Å². The van der Waals surface area contributed by atoms with Gasteiger partial charge in [-0.1, -0.05) is 0 Å². The quantitative estimate of drug-likeness (QED) is 0.573. The Balaban J connectivity index is 3.28. The first kappa shape index (κ1) is 13.4. The largest absolute Gasteiger partial charge is 0.496 e. The Morgan fingerprint density at radius 2 is 1.71 bits per heavy atom. The highest BCUT2D eigenvalue weighted by molar-refractivity contribution is 5.50. The van der Waals surface area contributed by atoms with Gasteiger partial charge in [0, 0.05) is 36.3 Å². The van der Waals surface area contributed by atoms with Crippen molar-refractivity contribution in [1.29, 1.82) is 0 Å². The van der Waals surface area contributed by atoms with Crippen LogP contribution in [-0.4, -0.2) is 26.1 Å². The summed E-state index contributed by atoms with van der Waals surface area (Å²) in [7, 11) is 5.14. The maximum Gasteiger partial charge on any atom is 0.270 e. The van der Waals surface area contributed by atoms with E-state index in [9.17, 15) is 10.1 Å². The third-order valence-corrected chi connectivity index (χ3v) is 2.38. The summed E-state index contributed by atoms with van der Waals surface area (Å²) in [6, 6.07) is 3.07. The standard InChI is InChI=1S/C11H17N3O3/c1-12-6-8-4-10(14(15)16)5-9(7-13-2)11(8)17-3/h4-5,12-13H,6-7H2,1-3H3. The molecule has 0 spiro atoms. The molecule has 94 valence electrons. The van der Waals surface area contributed by atoms with Crippen molar-refractivity contribution >= 4 is 5.69 Å². The fourth-order valence-corrected chi connectivity index (χ4v) is 1.75. The summed E-state index contributed by atoms with van der Waals surface area (Å²) < 4.78 is 5.31. The summed E-state index contributed by atoms with van der Waals surface area (Å²) in [5.41, 5.74) is 1.66. The zero-order chi connectivity index (χ0) is 12.8. The van der Waals surface area contributed by atoms with E-state index in [0.717, 1.165) is 11.1 Å². The van der Waals surface area contributed by atoms with Gasteiger partial charge >= 0.3 is 0 Å². The van der Waals surface area contributed by atoms with Crippen LogP contribution in [0.15, 0.2) is 12.1 Å². The van der Waals surface area contributed by atoms with Gasteiger partial charge in [-0.3, -0.25) is 10.1 Å². The molecule has 0 aromatic heterocycles. The van der Waals surface area contributed by atoms with Crippen molar-refractivity contribution < 1.29 is 9.66 Å². The SMILES string of the molecule is CNCc1cc([N+](=O)[O-])cc(CNC)c1OC. The molecule has 0 amide bonds. The number of nitrogens with zero attached hydrogens (tertiary/aromatic N) is 1. The molecule has 0 aliphatic rings. The molecule has 0 bridgehead atoms. The van der Waals surface area contributed by atoms with Crippen molar-refractivity contribution in [2.45, 2.75) is 13.1 Å². The number of nitrogens with one attached hydrogen (secondary N) is 2. The van der Waals surface area contributed by atoms with Crippen LogP contribution in [0.5, 0.6) is 5.75 Å². The molecule has 0 saturated heterocycles. The number of non-ortho nitro benzene ring substituents is 1. The van der Waals surface area contributed by atoms with Gasteiger partial charge in [-0.15, -0.1) is 0 Å². The molecule has 0 aliphatic heterocycles. The number of hydrogen-bond acceptors (Lipinski definition) is 5. The molecule has 1 rings (SSSR count). The summed E-state index contributed by atoms with van der Waals surface area (Å²) in [6.07, 6.45) is 0. The third-order valence-electron chi connectivity index (χ3n) is 2.38. The number of nitro groups is 1. The van der Waals surface area contributed by atoms with E-state index in [-0.39, 0.29) is 5.69 Å². The fourth-order valence-electron chi connectivity index (χ4n) is 1.75. The number of nitro benzene ring substituents is 1. The predicted molar refractivity (Wildman–Crippen MR) is 65.2 cm³/mol. The Morgan fingerprint density at radius 3 is 2.00 bits per heavy atom. The Morgan fingerprint density at radius 1 is 1.24 bits per heavy atom. The number of methoxy groups -OCH3 is 1. The van der Waals surface area contributed by atoms with Gasteiger partial charge in [-0.25, -0.2) is 0 Å². The van der Waals surface area contributed by atoms with Gasteiger partial charge in [0.05, 0.1) is 12.0 Å². The number of rotatable bonds is 6. The van der Waals surface area contributed by atoms with Crippen LogP contribution in [0, 0.1) is 10.1 Å². The summed E-state index contributed by atoms with van der Waals surface area (Å²) in [6.45, 7) is 1.06. The zero-order valence-corrected chi connectivity index (χ0v) is 10.2. The molecule has 0 saturated carbocycles. The minimum atomic E-state index is -0.391. The average molecular weight is 239 g/mol. The Bertz CT molecular complexity index is 380. The Kier molecular flexibility index (Phi) is 4.86. The van der Waals surface area contributed by atoms with Gasteiger partial charge in [0.25, 0.3) is 5.69 Å². The highest BCUT2D eigenvalue weighted by Gasteiger charge is 2.16. The van der Waals surface area contributed by atoms with Crippen LogP contribution in [0.25, 0.3) is 0 Å². The van der Waals surface area contributed by atoms with Crippen LogP contribution < -0.4 is 15.4 Å². The Labute approximate surface area is 100 Å². The first-order chi connectivity index (χ1) is 8.13. The van der Waals surface area contributed by atoms with Crippen LogP contribution in [-0.2, 0) is 13.1 Å². The van der Waals surface area contributed by atoms with E-state index in [0.29, 0.717) is 18.8 Å². The van der Waals surface area contributed by atoms with E-state index >= 15 is 0 Å². The average Bonchev–Trinajstić information content (AvgIpc) is 2.29. The number of benzene rings is 1. The number of ether oxygens (including phenoxy) is 1. The maximum atomic E-state index is 10.8. The summed E-state index contributed by atoms with van der Waals surface area (Å²) >= 11 is 0. The molecule has 1 aromatic rings. The second-order valence-electron chi connectivity index (χ2n) is 3.62. The van der Waals surface area contributed by atoms with Crippen LogP contribution in [0.2, 0.25) is 0 Å². The van der Waals surface area contributed by atoms with Crippen LogP contribution in [0.1, 0.15) is 11.1 Å². The van der Waals surface area contributed by atoms with E-state index in [2.05, 4.69) is 10.6 Å². The second-order valence-corrected chi connectivity index (χ2v) is 3.62. The van der Waals surface area contributed by atoms with Gasteiger partial charge in [0.15, 0.2) is 0 Å². The highest BCUT2D eigenvalue weighted by Crippen LogP contribution is 2.29. The predicted octanol–water partition coefficient (Wildman–Crippen LogP) is 1.04. The van der Waals surface area contributed by atoms with E-state index in [1.54, 1.807) is 21.2 Å². The number of hydrogen-bond donors (Lipinski definition) is 2. The van der Waals surface area contributed by atoms with Crippen molar-refractivity contribution in [3.63, 3.8) is 0 Å². The lowest BCUT2D eigenvalue weighted by molar-refractivity contribution is -0.385. The smallest absolute Gasteiger partial charge is 0.270 e. The molecule has 0 atom stereocenters. The molecule has 17 heavy (non-hydrogen) atoms. The normalized spacial score (nSPS) is 10.3. The van der Waals surface area contributed by atoms with Gasteiger partial charge in [-0.05, 0) is 14.1 Å². The molecular weight excluding hydrogens is 222 g/mol. The molecule has 0 unspecified atom stereocenters. The van der Waals surface area contributed by atoms with Crippen molar-refractivity contribution in [3.05, 3.63) is 33.4 Å². The molecule has 6 nitrogen and oxygen atoms in total. The highest BCUT2D eigenvalue weighted by atomic mass is 16.6. The molecule has 1 aromatic carbocycles. The lowest BCUT2D eigenvalue weighted by Crippen LogP contribution is -2.12. The third kappa shape index (κ3) is 3.15. The van der Waals surface area contributed by atoms with Crippen LogP contribution >= 0.6 is 0 Å². The van der Waals surface area contributed by atoms with Crippen molar-refractivity contribution in [2.75, 3.05) is 21.2 Å². The van der Waals surface area contributed by atoms with Gasteiger partial charge in [-0.2, -0.15) is 0 Å². The molecule has 0 heterocycles. The maximum absolute atomic E-state index is 10.8. The summed E-state index contributed by atoms with van der Waals surface area (Å²) in [5, 5.41) is 16.8. The first-order valence-electron chi connectivity index (χ1n) is 5.27. The van der Waals surface area contributed by atoms with Crippen molar-refractivity contribution in [3.8, 4) is 5.75 Å². The minimum Gasteiger partial charge on any atom is -0.496 e. The first-order valence-corrected chi connectivity index (χ1v) is 5.27. The summed E-state index contributed by atoms with van der Waals surface area (Å²) in [4.78, 5) is 10.4. The van der Waals surface area contributed by atoms with Crippen molar-refractivity contribution in [1.82, 2.24) is 10.6 Å². The topological polar surface area (TPSA) is 76.4 Å². The van der Waals surface area contributed by atoms with Gasteiger partial charge < -0.3 is 15.4 Å². The van der Waals surface area contributed by atoms with E-state index in [1.807, 2.05) is 0 Å².